The summed E-state index contributed by atoms with van der Waals surface area (Å²) in [6.45, 7) is 0.967. The van der Waals surface area contributed by atoms with Gasteiger partial charge in [-0.25, -0.2) is 4.98 Å². The standard InChI is InChI=1S/C11H17F3N4O/c1-18(2)9-7-8(11(12,13)14)16-10(17-9)15-5-4-6-19-3/h7H,4-6H2,1-3H3,(H,15,16,17). The van der Waals surface area contributed by atoms with Crippen LogP contribution in [-0.4, -0.2) is 44.3 Å². The van der Waals surface area contributed by atoms with Crippen LogP contribution in [0.3, 0.4) is 0 Å². The molecule has 5 nitrogen and oxygen atoms in total. The molecular weight excluding hydrogens is 261 g/mol. The Morgan fingerprint density at radius 2 is 2.00 bits per heavy atom. The Morgan fingerprint density at radius 3 is 2.53 bits per heavy atom. The molecule has 0 aromatic carbocycles. The van der Waals surface area contributed by atoms with E-state index >= 15 is 0 Å². The van der Waals surface area contributed by atoms with Gasteiger partial charge in [0.2, 0.25) is 5.95 Å². The van der Waals surface area contributed by atoms with Crippen LogP contribution in [0.2, 0.25) is 0 Å². The van der Waals surface area contributed by atoms with Gasteiger partial charge in [0.05, 0.1) is 0 Å². The third-order valence-corrected chi connectivity index (χ3v) is 2.27. The van der Waals surface area contributed by atoms with Crippen molar-refractivity contribution in [3.05, 3.63) is 11.8 Å². The first-order chi connectivity index (χ1) is 8.84. The minimum Gasteiger partial charge on any atom is -0.385 e. The molecule has 0 saturated heterocycles. The van der Waals surface area contributed by atoms with Crippen molar-refractivity contribution in [2.45, 2.75) is 12.6 Å². The molecule has 8 heteroatoms. The molecule has 0 aliphatic carbocycles. The van der Waals surface area contributed by atoms with Gasteiger partial charge in [-0.1, -0.05) is 0 Å². The van der Waals surface area contributed by atoms with E-state index in [0.717, 1.165) is 6.07 Å². The summed E-state index contributed by atoms with van der Waals surface area (Å²) in [6.07, 6.45) is -3.83. The lowest BCUT2D eigenvalue weighted by Gasteiger charge is -2.15. The quantitative estimate of drug-likeness (QED) is 0.807. The fraction of sp³-hybridized carbons (Fsp3) is 0.636. The van der Waals surface area contributed by atoms with E-state index in [4.69, 9.17) is 4.74 Å². The maximum atomic E-state index is 12.7. The van der Waals surface area contributed by atoms with Crippen LogP contribution in [0.15, 0.2) is 6.07 Å². The Labute approximate surface area is 109 Å². The van der Waals surface area contributed by atoms with E-state index in [2.05, 4.69) is 15.3 Å². The van der Waals surface area contributed by atoms with Gasteiger partial charge in [0.15, 0.2) is 5.69 Å². The zero-order valence-electron chi connectivity index (χ0n) is 11.1. The number of hydrogen-bond donors (Lipinski definition) is 1. The molecule has 1 aromatic rings. The Balaban J connectivity index is 2.88. The lowest BCUT2D eigenvalue weighted by molar-refractivity contribution is -0.141. The summed E-state index contributed by atoms with van der Waals surface area (Å²) in [5, 5.41) is 2.76. The number of ether oxygens (including phenoxy) is 1. The van der Waals surface area contributed by atoms with E-state index in [1.165, 1.54) is 4.90 Å². The SMILES string of the molecule is COCCCNc1nc(N(C)C)cc(C(F)(F)F)n1. The highest BCUT2D eigenvalue weighted by Crippen LogP contribution is 2.30. The first-order valence-corrected chi connectivity index (χ1v) is 5.71. The second-order valence-electron chi connectivity index (χ2n) is 4.10. The number of aromatic nitrogens is 2. The molecule has 0 atom stereocenters. The van der Waals surface area contributed by atoms with Gasteiger partial charge in [-0.3, -0.25) is 0 Å². The summed E-state index contributed by atoms with van der Waals surface area (Å²) in [6, 6.07) is 0.917. The smallest absolute Gasteiger partial charge is 0.385 e. The highest BCUT2D eigenvalue weighted by atomic mass is 19.4. The molecule has 0 amide bonds. The average molecular weight is 278 g/mol. The predicted molar refractivity (Wildman–Crippen MR) is 66.3 cm³/mol. The van der Waals surface area contributed by atoms with Crippen molar-refractivity contribution >= 4 is 11.8 Å². The van der Waals surface area contributed by atoms with Crippen LogP contribution in [0.1, 0.15) is 12.1 Å². The normalized spacial score (nSPS) is 11.5. The molecule has 0 aliphatic rings. The molecule has 1 heterocycles. The van der Waals surface area contributed by atoms with Crippen LogP contribution < -0.4 is 10.2 Å². The van der Waals surface area contributed by atoms with Crippen molar-refractivity contribution in [2.24, 2.45) is 0 Å². The fourth-order valence-electron chi connectivity index (χ4n) is 1.30. The van der Waals surface area contributed by atoms with Crippen molar-refractivity contribution in [1.82, 2.24) is 9.97 Å². The second kappa shape index (κ2) is 6.55. The summed E-state index contributed by atoms with van der Waals surface area (Å²) in [5.41, 5.74) is -0.958. The second-order valence-corrected chi connectivity index (χ2v) is 4.10. The molecule has 1 rings (SSSR count). The Morgan fingerprint density at radius 1 is 1.32 bits per heavy atom. The lowest BCUT2D eigenvalue weighted by Crippen LogP contribution is -2.18. The number of nitrogens with one attached hydrogen (secondary N) is 1. The molecule has 0 aliphatic heterocycles. The number of rotatable bonds is 6. The van der Waals surface area contributed by atoms with E-state index in [0.29, 0.717) is 19.6 Å². The van der Waals surface area contributed by atoms with E-state index in [1.54, 1.807) is 21.2 Å². The molecular formula is C11H17F3N4O. The third-order valence-electron chi connectivity index (χ3n) is 2.27. The summed E-state index contributed by atoms with van der Waals surface area (Å²) < 4.78 is 42.9. The van der Waals surface area contributed by atoms with Gasteiger partial charge in [0.25, 0.3) is 0 Å². The average Bonchev–Trinajstić information content (AvgIpc) is 2.33. The van der Waals surface area contributed by atoms with E-state index in [-0.39, 0.29) is 11.8 Å². The number of hydrogen-bond acceptors (Lipinski definition) is 5. The van der Waals surface area contributed by atoms with Gasteiger partial charge in [0.1, 0.15) is 5.82 Å². The van der Waals surface area contributed by atoms with Crippen molar-refractivity contribution in [3.63, 3.8) is 0 Å². The summed E-state index contributed by atoms with van der Waals surface area (Å²) in [4.78, 5) is 8.97. The monoisotopic (exact) mass is 278 g/mol. The van der Waals surface area contributed by atoms with Crippen LogP contribution in [0.5, 0.6) is 0 Å². The largest absolute Gasteiger partial charge is 0.433 e. The molecule has 108 valence electrons. The van der Waals surface area contributed by atoms with Crippen LogP contribution >= 0.6 is 0 Å². The van der Waals surface area contributed by atoms with Gasteiger partial charge < -0.3 is 15.0 Å². The minimum atomic E-state index is -4.49. The van der Waals surface area contributed by atoms with Crippen molar-refractivity contribution in [3.8, 4) is 0 Å². The molecule has 0 spiro atoms. The first-order valence-electron chi connectivity index (χ1n) is 5.71. The Hall–Kier alpha value is -1.57. The van der Waals surface area contributed by atoms with Crippen LogP contribution in [0.4, 0.5) is 24.9 Å². The highest BCUT2D eigenvalue weighted by Gasteiger charge is 2.33. The molecule has 0 bridgehead atoms. The molecule has 0 saturated carbocycles. The predicted octanol–water partition coefficient (Wildman–Crippen LogP) is 2.01. The van der Waals surface area contributed by atoms with Gasteiger partial charge in [-0.15, -0.1) is 0 Å². The van der Waals surface area contributed by atoms with Gasteiger partial charge in [0, 0.05) is 40.4 Å². The first kappa shape index (κ1) is 15.5. The molecule has 0 unspecified atom stereocenters. The molecule has 0 fully saturated rings. The summed E-state index contributed by atoms with van der Waals surface area (Å²) >= 11 is 0. The van der Waals surface area contributed by atoms with E-state index in [1.807, 2.05) is 0 Å². The summed E-state index contributed by atoms with van der Waals surface area (Å²) in [7, 11) is 4.80. The van der Waals surface area contributed by atoms with E-state index < -0.39 is 11.9 Å². The number of halogens is 3. The highest BCUT2D eigenvalue weighted by molar-refractivity contribution is 5.44. The van der Waals surface area contributed by atoms with E-state index in [9.17, 15) is 13.2 Å². The maximum Gasteiger partial charge on any atom is 0.433 e. The van der Waals surface area contributed by atoms with Crippen molar-refractivity contribution in [2.75, 3.05) is 44.6 Å². The van der Waals surface area contributed by atoms with Gasteiger partial charge in [-0.05, 0) is 6.42 Å². The topological polar surface area (TPSA) is 50.3 Å². The third kappa shape index (κ3) is 4.90. The zero-order chi connectivity index (χ0) is 14.5. The fourth-order valence-corrected chi connectivity index (χ4v) is 1.30. The van der Waals surface area contributed by atoms with Crippen LogP contribution in [-0.2, 0) is 10.9 Å². The molecule has 19 heavy (non-hydrogen) atoms. The molecule has 0 radical (unpaired) electrons. The Bertz CT molecular complexity index is 409. The van der Waals surface area contributed by atoms with Gasteiger partial charge in [-0.2, -0.15) is 18.2 Å². The van der Waals surface area contributed by atoms with Crippen molar-refractivity contribution in [1.29, 1.82) is 0 Å². The number of anilines is 2. The summed E-state index contributed by atoms with van der Waals surface area (Å²) in [5.74, 6) is 0.172. The minimum absolute atomic E-state index is 0.0328. The molecule has 1 N–H and O–H groups in total. The molecule has 1 aromatic heterocycles. The number of nitrogens with zero attached hydrogens (tertiary/aromatic N) is 3. The van der Waals surface area contributed by atoms with Crippen molar-refractivity contribution < 1.29 is 17.9 Å². The lowest BCUT2D eigenvalue weighted by atomic mass is 10.3. The van der Waals surface area contributed by atoms with Crippen LogP contribution in [0.25, 0.3) is 0 Å². The zero-order valence-corrected chi connectivity index (χ0v) is 11.1. The van der Waals surface area contributed by atoms with Gasteiger partial charge >= 0.3 is 6.18 Å². The number of alkyl halides is 3. The van der Waals surface area contributed by atoms with Crippen LogP contribution in [0, 0.1) is 0 Å². The maximum absolute atomic E-state index is 12.7. The number of methoxy groups -OCH3 is 1. The Kier molecular flexibility index (Phi) is 5.34.